The van der Waals surface area contributed by atoms with Gasteiger partial charge in [-0.3, -0.25) is 14.4 Å². The molecule has 0 aromatic carbocycles. The van der Waals surface area contributed by atoms with E-state index in [0.717, 1.165) is 38.8 Å². The predicted molar refractivity (Wildman–Crippen MR) is 87.9 cm³/mol. The Bertz CT molecular complexity index is 568. The average molecular weight is 331 g/mol. The number of carbonyl (C=O) groups is 3. The van der Waals surface area contributed by atoms with E-state index in [2.05, 4.69) is 12.2 Å². The summed E-state index contributed by atoms with van der Waals surface area (Å²) in [7, 11) is 0. The van der Waals surface area contributed by atoms with Gasteiger partial charge in [0.2, 0.25) is 17.7 Å². The first-order valence-electron chi connectivity index (χ1n) is 9.15. The van der Waals surface area contributed by atoms with Crippen LogP contribution in [0.5, 0.6) is 0 Å². The summed E-state index contributed by atoms with van der Waals surface area (Å²) in [5.41, 5.74) is 0. The fraction of sp³-hybridized carbons (Fsp3) is 0.722. The van der Waals surface area contributed by atoms with E-state index < -0.39 is 0 Å². The van der Waals surface area contributed by atoms with Crippen molar-refractivity contribution in [3.05, 3.63) is 12.2 Å². The van der Waals surface area contributed by atoms with Crippen LogP contribution in [0.1, 0.15) is 32.1 Å². The summed E-state index contributed by atoms with van der Waals surface area (Å²) in [6.45, 7) is 3.47. The van der Waals surface area contributed by atoms with E-state index in [4.69, 9.17) is 0 Å². The highest BCUT2D eigenvalue weighted by Crippen LogP contribution is 2.29. The van der Waals surface area contributed by atoms with Crippen LogP contribution in [0.4, 0.5) is 0 Å². The number of allylic oxidation sites excluding steroid dienone is 2. The molecule has 1 atom stereocenters. The zero-order valence-corrected chi connectivity index (χ0v) is 14.0. The smallest absolute Gasteiger partial charge is 0.227 e. The Labute approximate surface area is 142 Å². The third kappa shape index (κ3) is 2.72. The number of hydrogen-bond donors (Lipinski definition) is 0. The Morgan fingerprint density at radius 2 is 1.50 bits per heavy atom. The third-order valence-corrected chi connectivity index (χ3v) is 5.90. The topological polar surface area (TPSA) is 60.9 Å². The number of hydrogen-bond acceptors (Lipinski definition) is 3. The molecule has 130 valence electrons. The maximum absolute atomic E-state index is 12.5. The van der Waals surface area contributed by atoms with Gasteiger partial charge in [-0.2, -0.15) is 0 Å². The third-order valence-electron chi connectivity index (χ3n) is 5.90. The van der Waals surface area contributed by atoms with E-state index in [1.807, 2.05) is 14.7 Å². The van der Waals surface area contributed by atoms with Gasteiger partial charge >= 0.3 is 0 Å². The van der Waals surface area contributed by atoms with Crippen molar-refractivity contribution >= 4 is 17.7 Å². The summed E-state index contributed by atoms with van der Waals surface area (Å²) in [5.74, 6) is 0.358. The summed E-state index contributed by atoms with van der Waals surface area (Å²) in [5, 5.41) is 0. The van der Waals surface area contributed by atoms with Crippen molar-refractivity contribution in [2.24, 2.45) is 11.8 Å². The maximum Gasteiger partial charge on any atom is 0.227 e. The van der Waals surface area contributed by atoms with Crippen LogP contribution in [0, 0.1) is 11.8 Å². The van der Waals surface area contributed by atoms with Crippen LogP contribution >= 0.6 is 0 Å². The lowest BCUT2D eigenvalue weighted by molar-refractivity contribution is -0.147. The van der Waals surface area contributed by atoms with Crippen molar-refractivity contribution in [1.29, 1.82) is 0 Å². The van der Waals surface area contributed by atoms with Gasteiger partial charge < -0.3 is 14.7 Å². The van der Waals surface area contributed by atoms with E-state index in [1.165, 1.54) is 0 Å². The van der Waals surface area contributed by atoms with Crippen molar-refractivity contribution in [3.63, 3.8) is 0 Å². The quantitative estimate of drug-likeness (QED) is 0.713. The van der Waals surface area contributed by atoms with Crippen molar-refractivity contribution < 1.29 is 14.4 Å². The molecule has 0 N–H and O–H groups in total. The average Bonchev–Trinajstić information content (AvgIpc) is 3.27. The van der Waals surface area contributed by atoms with Crippen molar-refractivity contribution in [2.45, 2.75) is 38.1 Å². The molecule has 1 aliphatic carbocycles. The van der Waals surface area contributed by atoms with Gasteiger partial charge in [0, 0.05) is 45.1 Å². The molecule has 6 nitrogen and oxygen atoms in total. The highest BCUT2D eigenvalue weighted by molar-refractivity contribution is 5.90. The van der Waals surface area contributed by atoms with Crippen LogP contribution in [0.3, 0.4) is 0 Å². The second-order valence-electron chi connectivity index (χ2n) is 7.52. The number of carbonyl (C=O) groups excluding carboxylic acids is 3. The molecule has 0 aromatic rings. The first-order valence-corrected chi connectivity index (χ1v) is 9.15. The van der Waals surface area contributed by atoms with Gasteiger partial charge in [0.05, 0.1) is 12.0 Å². The number of nitrogens with zero attached hydrogens (tertiary/aromatic N) is 3. The second kappa shape index (κ2) is 6.22. The minimum absolute atomic E-state index is 0.0761. The Morgan fingerprint density at radius 1 is 0.875 bits per heavy atom. The van der Waals surface area contributed by atoms with Gasteiger partial charge in [-0.1, -0.05) is 12.2 Å². The Morgan fingerprint density at radius 3 is 2.17 bits per heavy atom. The van der Waals surface area contributed by atoms with Gasteiger partial charge in [0.25, 0.3) is 0 Å². The SMILES string of the molecule is O=C(C1CC(=O)N(C2CN(C(=O)C3CC=CC3)C2)C1)N1CCCC1. The molecule has 4 rings (SSSR count). The van der Waals surface area contributed by atoms with Crippen LogP contribution in [-0.2, 0) is 14.4 Å². The molecule has 1 unspecified atom stereocenters. The summed E-state index contributed by atoms with van der Waals surface area (Å²) < 4.78 is 0. The molecule has 0 spiro atoms. The molecule has 4 aliphatic rings. The van der Waals surface area contributed by atoms with Gasteiger partial charge in [-0.15, -0.1) is 0 Å². The molecule has 3 heterocycles. The molecule has 24 heavy (non-hydrogen) atoms. The monoisotopic (exact) mass is 331 g/mol. The zero-order chi connectivity index (χ0) is 16.7. The van der Waals surface area contributed by atoms with Gasteiger partial charge in [-0.25, -0.2) is 0 Å². The minimum atomic E-state index is -0.181. The standard InChI is InChI=1S/C18H25N3O3/c22-16-9-14(18(24)19-7-3-4-8-19)10-21(16)15-11-20(12-15)17(23)13-5-1-2-6-13/h1-2,13-15H,3-12H2. The fourth-order valence-electron chi connectivity index (χ4n) is 4.36. The molecule has 3 fully saturated rings. The molecule has 0 aromatic heterocycles. The normalized spacial score (nSPS) is 28.1. The van der Waals surface area contributed by atoms with Crippen molar-refractivity contribution in [2.75, 3.05) is 32.7 Å². The van der Waals surface area contributed by atoms with E-state index in [-0.39, 0.29) is 35.6 Å². The van der Waals surface area contributed by atoms with Crippen molar-refractivity contribution in [1.82, 2.24) is 14.7 Å². The molecule has 0 radical (unpaired) electrons. The number of likely N-dealkylation sites (tertiary alicyclic amines) is 3. The molecule has 3 saturated heterocycles. The summed E-state index contributed by atoms with van der Waals surface area (Å²) in [4.78, 5) is 42.8. The van der Waals surface area contributed by atoms with Gasteiger partial charge in [0.15, 0.2) is 0 Å². The lowest BCUT2D eigenvalue weighted by atomic mass is 10.0. The molecule has 0 saturated carbocycles. The fourth-order valence-corrected chi connectivity index (χ4v) is 4.36. The summed E-state index contributed by atoms with van der Waals surface area (Å²) in [6.07, 6.45) is 8.31. The molecule has 3 aliphatic heterocycles. The van der Waals surface area contributed by atoms with E-state index in [9.17, 15) is 14.4 Å². The summed E-state index contributed by atoms with van der Waals surface area (Å²) >= 11 is 0. The Balaban J connectivity index is 1.29. The predicted octanol–water partition coefficient (Wildman–Crippen LogP) is 0.634. The first kappa shape index (κ1) is 15.7. The molecular formula is C18H25N3O3. The zero-order valence-electron chi connectivity index (χ0n) is 14.0. The Kier molecular flexibility index (Phi) is 4.06. The number of amides is 3. The lowest BCUT2D eigenvalue weighted by Gasteiger charge is -2.45. The lowest BCUT2D eigenvalue weighted by Crippen LogP contribution is -2.62. The van der Waals surface area contributed by atoms with E-state index in [0.29, 0.717) is 26.1 Å². The molecule has 0 bridgehead atoms. The van der Waals surface area contributed by atoms with Gasteiger partial charge in [-0.05, 0) is 25.7 Å². The largest absolute Gasteiger partial charge is 0.342 e. The number of rotatable bonds is 3. The van der Waals surface area contributed by atoms with Crippen LogP contribution in [0.25, 0.3) is 0 Å². The maximum atomic E-state index is 12.5. The van der Waals surface area contributed by atoms with Crippen LogP contribution < -0.4 is 0 Å². The summed E-state index contributed by atoms with van der Waals surface area (Å²) in [6, 6.07) is 0.104. The molecular weight excluding hydrogens is 306 g/mol. The minimum Gasteiger partial charge on any atom is -0.342 e. The molecule has 3 amide bonds. The highest BCUT2D eigenvalue weighted by Gasteiger charge is 2.45. The first-order chi connectivity index (χ1) is 11.6. The van der Waals surface area contributed by atoms with Gasteiger partial charge in [0.1, 0.15) is 0 Å². The van der Waals surface area contributed by atoms with E-state index in [1.54, 1.807) is 0 Å². The van der Waals surface area contributed by atoms with Crippen LogP contribution in [-0.4, -0.2) is 71.2 Å². The second-order valence-corrected chi connectivity index (χ2v) is 7.52. The Hall–Kier alpha value is -1.85. The van der Waals surface area contributed by atoms with Crippen molar-refractivity contribution in [3.8, 4) is 0 Å². The van der Waals surface area contributed by atoms with Crippen LogP contribution in [0.2, 0.25) is 0 Å². The highest BCUT2D eigenvalue weighted by atomic mass is 16.2. The van der Waals surface area contributed by atoms with E-state index >= 15 is 0 Å². The molecule has 6 heteroatoms. The van der Waals surface area contributed by atoms with Crippen LogP contribution in [0.15, 0.2) is 12.2 Å².